The molecule has 0 aliphatic heterocycles. The molecule has 2 aromatic carbocycles. The van der Waals surface area contributed by atoms with Gasteiger partial charge in [-0.25, -0.2) is 19.9 Å². The van der Waals surface area contributed by atoms with Crippen molar-refractivity contribution in [3.05, 3.63) is 71.7 Å². The van der Waals surface area contributed by atoms with E-state index in [1.54, 1.807) is 18.3 Å². The molecule has 0 aliphatic rings. The first kappa shape index (κ1) is 25.0. The van der Waals surface area contributed by atoms with Crippen LogP contribution in [0.3, 0.4) is 0 Å². The van der Waals surface area contributed by atoms with Crippen LogP contribution >= 0.6 is 0 Å². The quantitative estimate of drug-likeness (QED) is 0.275. The van der Waals surface area contributed by atoms with E-state index in [-0.39, 0.29) is 5.91 Å². The van der Waals surface area contributed by atoms with E-state index in [2.05, 4.69) is 49.7 Å². The average Bonchev–Trinajstić information content (AvgIpc) is 2.84. The Morgan fingerprint density at radius 2 is 1.89 bits per heavy atom. The first-order valence-electron chi connectivity index (χ1n) is 11.9. The Morgan fingerprint density at radius 3 is 2.64 bits per heavy atom. The topological polar surface area (TPSA) is 131 Å². The van der Waals surface area contributed by atoms with Crippen LogP contribution in [0.4, 0.5) is 23.1 Å². The number of carbonyl (C=O) groups excluding carboxylic acids is 1. The van der Waals surface area contributed by atoms with Crippen LogP contribution in [0.1, 0.15) is 49.2 Å². The first-order chi connectivity index (χ1) is 17.1. The highest BCUT2D eigenvalue weighted by Gasteiger charge is 2.16. The first-order valence-corrected chi connectivity index (χ1v) is 11.9. The number of nitrogens with two attached hydrogens (primary N) is 1. The summed E-state index contributed by atoms with van der Waals surface area (Å²) >= 11 is 0. The molecule has 9 heteroatoms. The van der Waals surface area contributed by atoms with Crippen LogP contribution in [0.25, 0.3) is 11.0 Å². The highest BCUT2D eigenvalue weighted by Crippen LogP contribution is 2.26. The van der Waals surface area contributed by atoms with Crippen LogP contribution in [-0.4, -0.2) is 32.4 Å². The maximum atomic E-state index is 13.1. The maximum Gasteiger partial charge on any atom is 0.255 e. The lowest BCUT2D eigenvalue weighted by Crippen LogP contribution is -2.28. The maximum absolute atomic E-state index is 13.1. The summed E-state index contributed by atoms with van der Waals surface area (Å²) in [6.07, 6.45) is 3.14. The number of carbonyl (C=O) groups is 1. The monoisotopic (exact) mass is 484 g/mol. The van der Waals surface area contributed by atoms with Crippen LogP contribution in [0.15, 0.2) is 55.0 Å². The molecule has 9 nitrogen and oxygen atoms in total. The second-order valence-corrected chi connectivity index (χ2v) is 9.84. The van der Waals surface area contributed by atoms with Gasteiger partial charge >= 0.3 is 0 Å². The van der Waals surface area contributed by atoms with Gasteiger partial charge in [-0.1, -0.05) is 32.0 Å². The molecule has 0 saturated carbocycles. The van der Waals surface area contributed by atoms with Crippen molar-refractivity contribution in [3.63, 3.8) is 0 Å². The predicted octanol–water partition coefficient (Wildman–Crippen LogP) is 4.99. The van der Waals surface area contributed by atoms with Crippen molar-refractivity contribution in [3.8, 4) is 0 Å². The molecule has 2 aromatic heterocycles. The van der Waals surface area contributed by atoms with Crippen molar-refractivity contribution < 1.29 is 4.79 Å². The molecule has 0 radical (unpaired) electrons. The van der Waals surface area contributed by atoms with Crippen LogP contribution in [0, 0.1) is 12.8 Å². The molecule has 5 N–H and O–H groups in total. The van der Waals surface area contributed by atoms with Crippen LogP contribution < -0.4 is 21.7 Å². The van der Waals surface area contributed by atoms with E-state index >= 15 is 0 Å². The van der Waals surface area contributed by atoms with E-state index in [0.29, 0.717) is 40.0 Å². The number of anilines is 4. The third kappa shape index (κ3) is 5.92. The van der Waals surface area contributed by atoms with Gasteiger partial charge in [-0.3, -0.25) is 4.79 Å². The second kappa shape index (κ2) is 10.2. The summed E-state index contributed by atoms with van der Waals surface area (Å²) in [5.74, 6) is 1.28. The Balaban J connectivity index is 1.59. The van der Waals surface area contributed by atoms with E-state index in [4.69, 9.17) is 5.73 Å². The summed E-state index contributed by atoms with van der Waals surface area (Å²) in [7, 11) is 0. The van der Waals surface area contributed by atoms with Gasteiger partial charge in [0.15, 0.2) is 5.82 Å². The summed E-state index contributed by atoms with van der Waals surface area (Å²) in [6.45, 7) is 10.8. The van der Waals surface area contributed by atoms with Gasteiger partial charge in [0.05, 0.1) is 6.20 Å². The number of hydrogen-bond donors (Lipinski definition) is 4. The third-order valence-corrected chi connectivity index (χ3v) is 5.66. The zero-order chi connectivity index (χ0) is 25.9. The molecule has 2 heterocycles. The number of fused-ring (bicyclic) bond motifs is 1. The molecular formula is C27H32N8O. The number of benzene rings is 2. The number of aromatic nitrogens is 4. The lowest BCUT2D eigenvalue weighted by Gasteiger charge is -2.20. The van der Waals surface area contributed by atoms with Gasteiger partial charge < -0.3 is 21.7 Å². The Bertz CT molecular complexity index is 1390. The molecule has 4 aromatic rings. The zero-order valence-electron chi connectivity index (χ0n) is 21.3. The number of nitrogens with one attached hydrogen (secondary N) is 3. The van der Waals surface area contributed by atoms with Gasteiger partial charge in [-0.05, 0) is 62.1 Å². The van der Waals surface area contributed by atoms with Crippen molar-refractivity contribution in [2.24, 2.45) is 11.7 Å². The Kier molecular flexibility index (Phi) is 7.12. The van der Waals surface area contributed by atoms with Crippen LogP contribution in [0.5, 0.6) is 0 Å². The van der Waals surface area contributed by atoms with Crippen LogP contribution in [0.2, 0.25) is 0 Å². The molecule has 0 spiro atoms. The van der Waals surface area contributed by atoms with Gasteiger partial charge in [0.1, 0.15) is 17.4 Å². The second-order valence-electron chi connectivity index (χ2n) is 9.84. The van der Waals surface area contributed by atoms with E-state index in [0.717, 1.165) is 23.4 Å². The van der Waals surface area contributed by atoms with E-state index in [9.17, 15) is 4.79 Å². The molecule has 4 rings (SSSR count). The minimum absolute atomic E-state index is 0.222. The third-order valence-electron chi connectivity index (χ3n) is 5.66. The highest BCUT2D eigenvalue weighted by molar-refractivity contribution is 6.05. The van der Waals surface area contributed by atoms with Crippen molar-refractivity contribution in [2.45, 2.75) is 40.2 Å². The predicted molar refractivity (Wildman–Crippen MR) is 145 cm³/mol. The summed E-state index contributed by atoms with van der Waals surface area (Å²) < 4.78 is 0. The normalized spacial score (nSPS) is 11.5. The largest absolute Gasteiger partial charge is 0.354 e. The highest BCUT2D eigenvalue weighted by atomic mass is 16.1. The minimum atomic E-state index is -0.504. The molecule has 186 valence electrons. The number of aryl methyl sites for hydroxylation is 1. The lowest BCUT2D eigenvalue weighted by atomic mass is 9.95. The number of hydrogen-bond acceptors (Lipinski definition) is 8. The fraction of sp³-hybridized carbons (Fsp3) is 0.296. The number of nitrogens with zero attached hydrogens (tertiary/aromatic N) is 4. The molecule has 1 amide bonds. The molecule has 0 atom stereocenters. The van der Waals surface area contributed by atoms with Gasteiger partial charge in [-0.15, -0.1) is 0 Å². The lowest BCUT2D eigenvalue weighted by molar-refractivity contribution is 0.102. The Hall–Kier alpha value is -4.11. The summed E-state index contributed by atoms with van der Waals surface area (Å²) in [4.78, 5) is 30.7. The van der Waals surface area contributed by atoms with E-state index in [1.807, 2.05) is 51.1 Å². The average molecular weight is 485 g/mol. The summed E-state index contributed by atoms with van der Waals surface area (Å²) in [6, 6.07) is 13.1. The molecule has 0 unspecified atom stereocenters. The van der Waals surface area contributed by atoms with Gasteiger partial charge in [0, 0.05) is 29.0 Å². The molecule has 0 bridgehead atoms. The summed E-state index contributed by atoms with van der Waals surface area (Å²) in [5.41, 5.74) is 10.8. The van der Waals surface area contributed by atoms with Crippen LogP contribution in [-0.2, 0) is 5.54 Å². The SMILES string of the molecule is Cc1ccc(C(=O)Nc2cccc(C(C)(C)N)c2)cc1Nc1ncnc2cnc(NCC(C)C)nc12. The van der Waals surface area contributed by atoms with E-state index in [1.165, 1.54) is 6.33 Å². The van der Waals surface area contributed by atoms with Crippen molar-refractivity contribution >= 4 is 40.1 Å². The zero-order valence-corrected chi connectivity index (χ0v) is 21.3. The number of rotatable bonds is 8. The fourth-order valence-electron chi connectivity index (χ4n) is 3.55. The molecular weight excluding hydrogens is 452 g/mol. The van der Waals surface area contributed by atoms with E-state index < -0.39 is 5.54 Å². The standard InChI is InChI=1S/C27H32N8O/c1-16(2)13-29-26-30-14-22-23(35-26)24(32-15-31-22)34-21-11-18(10-9-17(21)3)25(36)33-20-8-6-7-19(12-20)27(4,5)28/h6-12,14-16H,13,28H2,1-5H3,(H,33,36)(H,29,30,35)(H,31,32,34). The van der Waals surface area contributed by atoms with Crippen molar-refractivity contribution in [1.29, 1.82) is 0 Å². The Morgan fingerprint density at radius 1 is 1.08 bits per heavy atom. The minimum Gasteiger partial charge on any atom is -0.354 e. The van der Waals surface area contributed by atoms with Gasteiger partial charge in [0.25, 0.3) is 5.91 Å². The van der Waals surface area contributed by atoms with Crippen molar-refractivity contribution in [2.75, 3.05) is 22.5 Å². The molecule has 36 heavy (non-hydrogen) atoms. The fourth-order valence-corrected chi connectivity index (χ4v) is 3.55. The molecule has 0 fully saturated rings. The molecule has 0 aliphatic carbocycles. The van der Waals surface area contributed by atoms with Gasteiger partial charge in [0.2, 0.25) is 5.95 Å². The smallest absolute Gasteiger partial charge is 0.255 e. The summed E-state index contributed by atoms with van der Waals surface area (Å²) in [5, 5.41) is 9.53. The van der Waals surface area contributed by atoms with Crippen molar-refractivity contribution in [1.82, 2.24) is 19.9 Å². The molecule has 0 saturated heterocycles. The Labute approximate surface area is 211 Å². The van der Waals surface area contributed by atoms with Gasteiger partial charge in [-0.2, -0.15) is 0 Å². The number of amides is 1.